The molecule has 3 heteroatoms. The molecule has 174 valence electrons. The highest BCUT2D eigenvalue weighted by atomic mass is 31.1. The summed E-state index contributed by atoms with van der Waals surface area (Å²) in [6, 6.07) is 19.8. The summed E-state index contributed by atoms with van der Waals surface area (Å²) in [5, 5.41) is 4.07. The molecule has 3 aromatic carbocycles. The first-order valence-electron chi connectivity index (χ1n) is 12.8. The van der Waals surface area contributed by atoms with Crippen LogP contribution in [-0.2, 0) is 0 Å². The molecule has 0 amide bonds. The minimum Gasteiger partial charge on any atom is -0.496 e. The van der Waals surface area contributed by atoms with E-state index in [0.717, 1.165) is 22.8 Å². The fourth-order valence-corrected chi connectivity index (χ4v) is 10.2. The normalized spacial score (nSPS) is 18.0. The van der Waals surface area contributed by atoms with E-state index in [1.165, 1.54) is 86.1 Å². The van der Waals surface area contributed by atoms with Crippen LogP contribution in [0.4, 0.5) is 0 Å². The number of fused-ring (bicyclic) bond motifs is 1. The molecule has 0 bridgehead atoms. The molecule has 2 aliphatic carbocycles. The highest BCUT2D eigenvalue weighted by Crippen LogP contribution is 2.58. The Morgan fingerprint density at radius 2 is 1.30 bits per heavy atom. The second-order valence-corrected chi connectivity index (χ2v) is 12.5. The van der Waals surface area contributed by atoms with Crippen molar-refractivity contribution in [3.8, 4) is 22.6 Å². The lowest BCUT2D eigenvalue weighted by Crippen LogP contribution is -2.27. The van der Waals surface area contributed by atoms with Crippen molar-refractivity contribution in [2.24, 2.45) is 0 Å². The molecule has 2 fully saturated rings. The van der Waals surface area contributed by atoms with E-state index in [4.69, 9.17) is 9.47 Å². The van der Waals surface area contributed by atoms with E-state index in [1.54, 1.807) is 12.4 Å². The molecule has 33 heavy (non-hydrogen) atoms. The van der Waals surface area contributed by atoms with Gasteiger partial charge in [0.2, 0.25) is 0 Å². The molecular formula is C30H37O2P. The van der Waals surface area contributed by atoms with Gasteiger partial charge >= 0.3 is 0 Å². The number of rotatable bonds is 6. The zero-order valence-electron chi connectivity index (χ0n) is 20.2. The number of hydrogen-bond donors (Lipinski definition) is 0. The van der Waals surface area contributed by atoms with E-state index in [9.17, 15) is 0 Å². The quantitative estimate of drug-likeness (QED) is 0.345. The molecule has 0 spiro atoms. The van der Waals surface area contributed by atoms with Crippen LogP contribution in [0.3, 0.4) is 0 Å². The second kappa shape index (κ2) is 10.5. The molecule has 2 saturated carbocycles. The Hall–Kier alpha value is -2.05. The maximum absolute atomic E-state index is 6.23. The predicted octanol–water partition coefficient (Wildman–Crippen LogP) is 8.30. The van der Waals surface area contributed by atoms with Gasteiger partial charge in [-0.2, -0.15) is 0 Å². The summed E-state index contributed by atoms with van der Waals surface area (Å²) in [5.74, 6) is 1.96. The van der Waals surface area contributed by atoms with Gasteiger partial charge in [0.1, 0.15) is 11.5 Å². The van der Waals surface area contributed by atoms with Crippen molar-refractivity contribution < 1.29 is 9.47 Å². The van der Waals surface area contributed by atoms with Crippen LogP contribution in [0.1, 0.15) is 64.2 Å². The Morgan fingerprint density at radius 3 is 1.94 bits per heavy atom. The van der Waals surface area contributed by atoms with Crippen molar-refractivity contribution in [1.29, 1.82) is 0 Å². The molecule has 3 aromatic rings. The Labute approximate surface area is 200 Å². The molecule has 0 heterocycles. The Bertz CT molecular complexity index is 1060. The van der Waals surface area contributed by atoms with Gasteiger partial charge in [-0.3, -0.25) is 0 Å². The van der Waals surface area contributed by atoms with E-state index in [-0.39, 0.29) is 7.92 Å². The SMILES string of the molecule is COc1ccccc1-c1c(P(C2CCCCC2)C2CCCCC2)cc2ccccc2c1OC. The molecule has 0 aliphatic heterocycles. The molecular weight excluding hydrogens is 423 g/mol. The largest absolute Gasteiger partial charge is 0.496 e. The molecule has 5 rings (SSSR count). The highest BCUT2D eigenvalue weighted by molar-refractivity contribution is 7.67. The van der Waals surface area contributed by atoms with Crippen LogP contribution in [0.2, 0.25) is 0 Å². The van der Waals surface area contributed by atoms with Crippen LogP contribution in [0, 0.1) is 0 Å². The topological polar surface area (TPSA) is 18.5 Å². The first kappa shape index (κ1) is 22.7. The van der Waals surface area contributed by atoms with E-state index in [0.29, 0.717) is 0 Å². The van der Waals surface area contributed by atoms with Crippen LogP contribution in [-0.4, -0.2) is 25.5 Å². The van der Waals surface area contributed by atoms with Gasteiger partial charge in [-0.25, -0.2) is 0 Å². The zero-order chi connectivity index (χ0) is 22.6. The summed E-state index contributed by atoms with van der Waals surface area (Å²) in [7, 11) is 3.35. The average Bonchev–Trinajstić information content (AvgIpc) is 2.89. The van der Waals surface area contributed by atoms with Gasteiger partial charge in [0, 0.05) is 16.5 Å². The lowest BCUT2D eigenvalue weighted by Gasteiger charge is -2.40. The lowest BCUT2D eigenvalue weighted by atomic mass is 9.98. The highest BCUT2D eigenvalue weighted by Gasteiger charge is 2.35. The lowest BCUT2D eigenvalue weighted by molar-refractivity contribution is 0.412. The van der Waals surface area contributed by atoms with Gasteiger partial charge in [-0.15, -0.1) is 0 Å². The van der Waals surface area contributed by atoms with Gasteiger partial charge in [-0.05, 0) is 59.8 Å². The summed E-state index contributed by atoms with van der Waals surface area (Å²) in [6.07, 6.45) is 14.0. The van der Waals surface area contributed by atoms with Gasteiger partial charge in [-0.1, -0.05) is 88.9 Å². The summed E-state index contributed by atoms with van der Waals surface area (Å²) in [6.45, 7) is 0. The predicted molar refractivity (Wildman–Crippen MR) is 143 cm³/mol. The zero-order valence-corrected chi connectivity index (χ0v) is 21.1. The molecule has 0 atom stereocenters. The smallest absolute Gasteiger partial charge is 0.135 e. The van der Waals surface area contributed by atoms with Crippen LogP contribution in [0.5, 0.6) is 11.5 Å². The second-order valence-electron chi connectivity index (χ2n) is 9.72. The first-order chi connectivity index (χ1) is 16.3. The third-order valence-electron chi connectivity index (χ3n) is 7.78. The van der Waals surface area contributed by atoms with E-state index >= 15 is 0 Å². The number of para-hydroxylation sites is 1. The molecule has 0 aromatic heterocycles. The molecule has 2 aliphatic rings. The summed E-state index contributed by atoms with van der Waals surface area (Å²) < 4.78 is 12.1. The maximum atomic E-state index is 6.23. The minimum absolute atomic E-state index is 0.285. The molecule has 0 saturated heterocycles. The van der Waals surface area contributed by atoms with Crippen LogP contribution in [0.25, 0.3) is 21.9 Å². The third-order valence-corrected chi connectivity index (χ3v) is 11.3. The summed E-state index contributed by atoms with van der Waals surface area (Å²) >= 11 is 0. The van der Waals surface area contributed by atoms with Crippen LogP contribution >= 0.6 is 7.92 Å². The van der Waals surface area contributed by atoms with Crippen LogP contribution in [0.15, 0.2) is 54.6 Å². The fraction of sp³-hybridized carbons (Fsp3) is 0.467. The van der Waals surface area contributed by atoms with E-state index in [2.05, 4.69) is 54.6 Å². The Balaban J connectivity index is 1.78. The molecule has 0 radical (unpaired) electrons. The van der Waals surface area contributed by atoms with Crippen molar-refractivity contribution in [3.05, 3.63) is 54.6 Å². The Morgan fingerprint density at radius 1 is 0.697 bits per heavy atom. The van der Waals surface area contributed by atoms with Crippen molar-refractivity contribution >= 4 is 24.0 Å². The van der Waals surface area contributed by atoms with Crippen molar-refractivity contribution in [2.45, 2.75) is 75.5 Å². The Kier molecular flexibility index (Phi) is 7.21. The summed E-state index contributed by atoms with van der Waals surface area (Å²) in [5.41, 5.74) is 4.12. The average molecular weight is 461 g/mol. The minimum atomic E-state index is -0.285. The van der Waals surface area contributed by atoms with Crippen LogP contribution < -0.4 is 14.8 Å². The van der Waals surface area contributed by atoms with Gasteiger partial charge in [0.25, 0.3) is 0 Å². The number of methoxy groups -OCH3 is 2. The summed E-state index contributed by atoms with van der Waals surface area (Å²) in [4.78, 5) is 0. The maximum Gasteiger partial charge on any atom is 0.135 e. The first-order valence-corrected chi connectivity index (χ1v) is 14.3. The van der Waals surface area contributed by atoms with Gasteiger partial charge in [0.15, 0.2) is 0 Å². The molecule has 2 nitrogen and oxygen atoms in total. The fourth-order valence-electron chi connectivity index (χ4n) is 6.24. The third kappa shape index (κ3) is 4.52. The number of hydrogen-bond acceptors (Lipinski definition) is 2. The monoisotopic (exact) mass is 460 g/mol. The van der Waals surface area contributed by atoms with E-state index in [1.807, 2.05) is 7.11 Å². The number of benzene rings is 3. The van der Waals surface area contributed by atoms with E-state index < -0.39 is 0 Å². The van der Waals surface area contributed by atoms with Crippen molar-refractivity contribution in [2.75, 3.05) is 14.2 Å². The van der Waals surface area contributed by atoms with Crippen molar-refractivity contribution in [3.63, 3.8) is 0 Å². The molecule has 0 unspecified atom stereocenters. The molecule has 0 N–H and O–H groups in total. The number of ether oxygens (including phenoxy) is 2. The van der Waals surface area contributed by atoms with Gasteiger partial charge in [0.05, 0.1) is 14.2 Å². The van der Waals surface area contributed by atoms with Crippen molar-refractivity contribution in [1.82, 2.24) is 0 Å². The van der Waals surface area contributed by atoms with Gasteiger partial charge < -0.3 is 9.47 Å². The standard InChI is InChI=1S/C30H37O2P/c1-31-27-20-12-11-19-26(27)29-28(21-22-13-9-10-18-25(22)30(29)32-2)33(23-14-5-3-6-15-23)24-16-7-4-8-17-24/h9-13,18-21,23-24H,3-8,14-17H2,1-2H3.